The number of halogens is 2. The average Bonchev–Trinajstić information content (AvgIpc) is 2.44. The minimum atomic E-state index is -4.58. The number of nitrogens with one attached hydrogen (secondary N) is 1. The van der Waals surface area contributed by atoms with E-state index in [1.54, 1.807) is 6.07 Å². The number of nitrogens with zero attached hydrogens (tertiary/aromatic N) is 1. The molecule has 0 aliphatic heterocycles. The van der Waals surface area contributed by atoms with Crippen molar-refractivity contribution >= 4 is 15.5 Å². The molecule has 4 nitrogen and oxygen atoms in total. The summed E-state index contributed by atoms with van der Waals surface area (Å²) in [5.41, 5.74) is 0.222. The Morgan fingerprint density at radius 1 is 1.20 bits per heavy atom. The van der Waals surface area contributed by atoms with Crippen LogP contribution < -0.4 is 5.32 Å². The molecule has 20 heavy (non-hydrogen) atoms. The van der Waals surface area contributed by atoms with E-state index in [1.165, 1.54) is 18.2 Å². The van der Waals surface area contributed by atoms with Crippen LogP contribution in [-0.4, -0.2) is 45.3 Å². The van der Waals surface area contributed by atoms with Crippen LogP contribution in [0.4, 0.5) is 14.5 Å². The molecule has 0 saturated carbocycles. The number of para-hydroxylation sites is 1. The molecular weight excluding hydrogens is 286 g/mol. The van der Waals surface area contributed by atoms with Crippen molar-refractivity contribution in [3.63, 3.8) is 0 Å². The summed E-state index contributed by atoms with van der Waals surface area (Å²) in [7, 11) is -4.58. The number of benzene rings is 1. The van der Waals surface area contributed by atoms with Crippen molar-refractivity contribution in [2.75, 3.05) is 31.5 Å². The second-order valence-electron chi connectivity index (χ2n) is 4.26. The van der Waals surface area contributed by atoms with Crippen LogP contribution >= 0.6 is 0 Å². The molecule has 114 valence electrons. The largest absolute Gasteiger partial charge is 0.383 e. The Hall–Kier alpha value is -1.21. The van der Waals surface area contributed by atoms with Crippen molar-refractivity contribution in [3.8, 4) is 0 Å². The SMILES string of the molecule is CCN(CC)CCNc1ccccc1S(=O)(=O)C(F)F. The third kappa shape index (κ3) is 4.14. The Labute approximate surface area is 118 Å². The van der Waals surface area contributed by atoms with Gasteiger partial charge in [0.25, 0.3) is 0 Å². The van der Waals surface area contributed by atoms with Crippen molar-refractivity contribution in [2.24, 2.45) is 0 Å². The van der Waals surface area contributed by atoms with Gasteiger partial charge in [0.15, 0.2) is 0 Å². The Morgan fingerprint density at radius 2 is 1.80 bits per heavy atom. The number of anilines is 1. The fourth-order valence-corrected chi connectivity index (χ4v) is 2.75. The van der Waals surface area contributed by atoms with Crippen LogP contribution in [0.5, 0.6) is 0 Å². The van der Waals surface area contributed by atoms with Gasteiger partial charge in [0, 0.05) is 13.1 Å². The van der Waals surface area contributed by atoms with Gasteiger partial charge >= 0.3 is 5.76 Å². The van der Waals surface area contributed by atoms with Crippen LogP contribution in [-0.2, 0) is 9.84 Å². The summed E-state index contributed by atoms with van der Waals surface area (Å²) in [6.07, 6.45) is 0. The lowest BCUT2D eigenvalue weighted by Gasteiger charge is -2.19. The smallest absolute Gasteiger partial charge is 0.341 e. The summed E-state index contributed by atoms with van der Waals surface area (Å²) in [5, 5.41) is 2.92. The third-order valence-electron chi connectivity index (χ3n) is 3.07. The van der Waals surface area contributed by atoms with E-state index in [9.17, 15) is 17.2 Å². The maximum absolute atomic E-state index is 12.6. The molecule has 0 aliphatic rings. The standard InChI is InChI=1S/C13H20F2N2O2S/c1-3-17(4-2)10-9-16-11-7-5-6-8-12(11)20(18,19)13(14)15/h5-8,13,16H,3-4,9-10H2,1-2H3. The molecule has 0 amide bonds. The highest BCUT2D eigenvalue weighted by Gasteiger charge is 2.28. The molecule has 0 fully saturated rings. The highest BCUT2D eigenvalue weighted by molar-refractivity contribution is 7.91. The molecule has 0 atom stereocenters. The summed E-state index contributed by atoms with van der Waals surface area (Å²) >= 11 is 0. The first-order chi connectivity index (χ1) is 9.43. The van der Waals surface area contributed by atoms with Crippen LogP contribution in [0.2, 0.25) is 0 Å². The number of hydrogen-bond donors (Lipinski definition) is 1. The van der Waals surface area contributed by atoms with Gasteiger partial charge in [-0.05, 0) is 25.2 Å². The lowest BCUT2D eigenvalue weighted by molar-refractivity contribution is 0.235. The van der Waals surface area contributed by atoms with Gasteiger partial charge in [-0.1, -0.05) is 26.0 Å². The molecule has 1 N–H and O–H groups in total. The van der Waals surface area contributed by atoms with Crippen LogP contribution in [0, 0.1) is 0 Å². The number of sulfone groups is 1. The first-order valence-corrected chi connectivity index (χ1v) is 8.05. The van der Waals surface area contributed by atoms with E-state index in [-0.39, 0.29) is 10.6 Å². The van der Waals surface area contributed by atoms with Crippen molar-refractivity contribution < 1.29 is 17.2 Å². The maximum atomic E-state index is 12.6. The van der Waals surface area contributed by atoms with E-state index in [2.05, 4.69) is 10.2 Å². The fraction of sp³-hybridized carbons (Fsp3) is 0.538. The Kier molecular flexibility index (Phi) is 6.35. The minimum absolute atomic E-state index is 0.222. The monoisotopic (exact) mass is 306 g/mol. The predicted octanol–water partition coefficient (Wildman–Crippen LogP) is 2.44. The van der Waals surface area contributed by atoms with Gasteiger partial charge in [-0.3, -0.25) is 0 Å². The zero-order chi connectivity index (χ0) is 15.2. The molecule has 0 radical (unpaired) electrons. The number of hydrogen-bond acceptors (Lipinski definition) is 4. The second kappa shape index (κ2) is 7.54. The lowest BCUT2D eigenvalue weighted by atomic mass is 10.3. The summed E-state index contributed by atoms with van der Waals surface area (Å²) in [6, 6.07) is 5.74. The van der Waals surface area contributed by atoms with Gasteiger partial charge < -0.3 is 10.2 Å². The molecule has 0 spiro atoms. The summed E-state index contributed by atoms with van der Waals surface area (Å²) < 4.78 is 48.4. The quantitative estimate of drug-likeness (QED) is 0.801. The topological polar surface area (TPSA) is 49.4 Å². The predicted molar refractivity (Wildman–Crippen MR) is 75.9 cm³/mol. The van der Waals surface area contributed by atoms with E-state index < -0.39 is 15.6 Å². The number of likely N-dealkylation sites (N-methyl/N-ethyl adjacent to an activating group) is 1. The number of rotatable bonds is 8. The van der Waals surface area contributed by atoms with Crippen molar-refractivity contribution in [1.82, 2.24) is 4.90 Å². The molecule has 1 aromatic rings. The van der Waals surface area contributed by atoms with Crippen molar-refractivity contribution in [1.29, 1.82) is 0 Å². The van der Waals surface area contributed by atoms with E-state index in [0.29, 0.717) is 6.54 Å². The highest BCUT2D eigenvalue weighted by atomic mass is 32.2. The van der Waals surface area contributed by atoms with Gasteiger partial charge in [-0.2, -0.15) is 8.78 Å². The van der Waals surface area contributed by atoms with Crippen LogP contribution in [0.3, 0.4) is 0 Å². The molecule has 0 heterocycles. The Bertz CT molecular complexity index is 517. The van der Waals surface area contributed by atoms with E-state index >= 15 is 0 Å². The van der Waals surface area contributed by atoms with Crippen molar-refractivity contribution in [2.45, 2.75) is 24.5 Å². The fourth-order valence-electron chi connectivity index (χ4n) is 1.85. The van der Waals surface area contributed by atoms with Crippen molar-refractivity contribution in [3.05, 3.63) is 24.3 Å². The summed E-state index contributed by atoms with van der Waals surface area (Å²) in [5.74, 6) is -3.41. The van der Waals surface area contributed by atoms with Gasteiger partial charge in [0.05, 0.1) is 10.6 Å². The molecule has 1 aromatic carbocycles. The third-order valence-corrected chi connectivity index (χ3v) is 4.50. The van der Waals surface area contributed by atoms with Crippen LogP contribution in [0.15, 0.2) is 29.2 Å². The molecule has 0 bridgehead atoms. The molecular formula is C13H20F2N2O2S. The molecule has 0 unspecified atom stereocenters. The second-order valence-corrected chi connectivity index (χ2v) is 6.14. The van der Waals surface area contributed by atoms with E-state index in [0.717, 1.165) is 19.6 Å². The summed E-state index contributed by atoms with van der Waals surface area (Å²) in [4.78, 5) is 1.80. The number of alkyl halides is 2. The van der Waals surface area contributed by atoms with Crippen LogP contribution in [0.25, 0.3) is 0 Å². The molecule has 7 heteroatoms. The Morgan fingerprint density at radius 3 is 2.35 bits per heavy atom. The van der Waals surface area contributed by atoms with E-state index in [4.69, 9.17) is 0 Å². The average molecular weight is 306 g/mol. The first-order valence-electron chi connectivity index (χ1n) is 6.50. The van der Waals surface area contributed by atoms with E-state index in [1.807, 2.05) is 13.8 Å². The Balaban J connectivity index is 2.82. The highest BCUT2D eigenvalue weighted by Crippen LogP contribution is 2.25. The zero-order valence-corrected chi connectivity index (χ0v) is 12.5. The molecule has 0 aromatic heterocycles. The lowest BCUT2D eigenvalue weighted by Crippen LogP contribution is -2.29. The normalized spacial score (nSPS) is 12.1. The summed E-state index contributed by atoms with van der Waals surface area (Å²) in [6.45, 7) is 7.04. The molecule has 1 rings (SSSR count). The maximum Gasteiger partial charge on any atom is 0.341 e. The zero-order valence-electron chi connectivity index (χ0n) is 11.6. The van der Waals surface area contributed by atoms with Gasteiger partial charge in [-0.25, -0.2) is 8.42 Å². The van der Waals surface area contributed by atoms with Gasteiger partial charge in [0.2, 0.25) is 9.84 Å². The van der Waals surface area contributed by atoms with Crippen LogP contribution in [0.1, 0.15) is 13.8 Å². The first kappa shape index (κ1) is 16.8. The van der Waals surface area contributed by atoms with Gasteiger partial charge in [0.1, 0.15) is 0 Å². The molecule has 0 aliphatic carbocycles. The van der Waals surface area contributed by atoms with Gasteiger partial charge in [-0.15, -0.1) is 0 Å². The molecule has 0 saturated heterocycles. The minimum Gasteiger partial charge on any atom is -0.383 e.